The van der Waals surface area contributed by atoms with Crippen LogP contribution in [0.5, 0.6) is 0 Å². The molecule has 0 aliphatic carbocycles. The number of rotatable bonds is 6. The van der Waals surface area contributed by atoms with Crippen LogP contribution < -0.4 is 5.32 Å². The first-order chi connectivity index (χ1) is 10.3. The molecule has 1 aromatic rings. The second-order valence-electron chi connectivity index (χ2n) is 5.39. The lowest BCUT2D eigenvalue weighted by atomic mass is 10.4. The minimum Gasteiger partial charge on any atom is -0.357 e. The van der Waals surface area contributed by atoms with Gasteiger partial charge in [0.2, 0.25) is 5.91 Å². The molecule has 0 atom stereocenters. The van der Waals surface area contributed by atoms with Crippen molar-refractivity contribution in [2.24, 2.45) is 12.0 Å². The van der Waals surface area contributed by atoms with E-state index in [1.807, 2.05) is 42.7 Å². The highest BCUT2D eigenvalue weighted by Crippen LogP contribution is 2.14. The van der Waals surface area contributed by atoms with Crippen molar-refractivity contribution in [1.82, 2.24) is 19.7 Å². The molecule has 1 aromatic heterocycles. The summed E-state index contributed by atoms with van der Waals surface area (Å²) in [6.07, 6.45) is 2.29. The Morgan fingerprint density at radius 2 is 2.04 bits per heavy atom. The molecule has 132 valence electrons. The summed E-state index contributed by atoms with van der Waals surface area (Å²) in [5.74, 6) is 0.864. The highest BCUT2D eigenvalue weighted by Gasteiger charge is 2.10. The zero-order valence-electron chi connectivity index (χ0n) is 14.5. The number of aryl methyl sites for hydroxylation is 1. The second-order valence-corrected chi connectivity index (χ2v) is 5.83. The van der Waals surface area contributed by atoms with Gasteiger partial charge in [-0.3, -0.25) is 9.79 Å². The lowest BCUT2D eigenvalue weighted by molar-refractivity contribution is -0.128. The molecule has 1 N–H and O–H groups in total. The number of guanidine groups is 1. The topological polar surface area (TPSA) is 52.9 Å². The zero-order valence-corrected chi connectivity index (χ0v) is 17.6. The van der Waals surface area contributed by atoms with Crippen LogP contribution in [0.1, 0.15) is 19.0 Å². The van der Waals surface area contributed by atoms with Crippen molar-refractivity contribution in [2.75, 3.05) is 34.2 Å². The van der Waals surface area contributed by atoms with Crippen molar-refractivity contribution in [3.8, 4) is 0 Å². The maximum absolute atomic E-state index is 11.6. The van der Waals surface area contributed by atoms with Crippen LogP contribution in [0.25, 0.3) is 0 Å². The molecule has 0 aliphatic heterocycles. The SMILES string of the molecule is CCNC(=NCCC(=O)N(C)C)N(C)Cc1cc(Cl)cn1C.I. The van der Waals surface area contributed by atoms with Gasteiger partial charge in [-0.25, -0.2) is 0 Å². The van der Waals surface area contributed by atoms with Gasteiger partial charge in [-0.1, -0.05) is 11.6 Å². The molecule has 23 heavy (non-hydrogen) atoms. The van der Waals surface area contributed by atoms with Gasteiger partial charge in [0.05, 0.1) is 18.1 Å². The molecular formula is C15H27ClIN5O. The minimum absolute atomic E-state index is 0. The Morgan fingerprint density at radius 1 is 1.39 bits per heavy atom. The predicted octanol–water partition coefficient (Wildman–Crippen LogP) is 2.17. The molecule has 1 heterocycles. The van der Waals surface area contributed by atoms with E-state index in [-0.39, 0.29) is 29.9 Å². The van der Waals surface area contributed by atoms with Crippen LogP contribution in [-0.2, 0) is 18.4 Å². The lowest BCUT2D eigenvalue weighted by Crippen LogP contribution is -2.39. The molecule has 1 amide bonds. The van der Waals surface area contributed by atoms with Gasteiger partial charge < -0.3 is 19.7 Å². The van der Waals surface area contributed by atoms with Crippen LogP contribution in [0.15, 0.2) is 17.3 Å². The summed E-state index contributed by atoms with van der Waals surface area (Å²) in [5.41, 5.74) is 1.10. The minimum atomic E-state index is 0. The monoisotopic (exact) mass is 455 g/mol. The van der Waals surface area contributed by atoms with Crippen molar-refractivity contribution in [3.05, 3.63) is 23.0 Å². The Bertz CT molecular complexity index is 530. The highest BCUT2D eigenvalue weighted by atomic mass is 127. The van der Waals surface area contributed by atoms with Crippen molar-refractivity contribution >= 4 is 47.4 Å². The Kier molecular flexibility index (Phi) is 10.3. The summed E-state index contributed by atoms with van der Waals surface area (Å²) in [5, 5.41) is 3.97. The molecule has 0 bridgehead atoms. The molecular weight excluding hydrogens is 429 g/mol. The second kappa shape index (κ2) is 10.7. The largest absolute Gasteiger partial charge is 0.357 e. The van der Waals surface area contributed by atoms with E-state index in [9.17, 15) is 4.79 Å². The number of hydrogen-bond donors (Lipinski definition) is 1. The first-order valence-corrected chi connectivity index (χ1v) is 7.73. The van der Waals surface area contributed by atoms with E-state index >= 15 is 0 Å². The maximum Gasteiger partial charge on any atom is 0.223 e. The van der Waals surface area contributed by atoms with Gasteiger partial charge >= 0.3 is 0 Å². The summed E-state index contributed by atoms with van der Waals surface area (Å²) in [4.78, 5) is 19.7. The van der Waals surface area contributed by atoms with E-state index in [1.165, 1.54) is 0 Å². The van der Waals surface area contributed by atoms with Crippen LogP contribution in [0.4, 0.5) is 0 Å². The third-order valence-corrected chi connectivity index (χ3v) is 3.46. The van der Waals surface area contributed by atoms with E-state index in [1.54, 1.807) is 19.0 Å². The molecule has 0 aliphatic rings. The number of amides is 1. The molecule has 0 radical (unpaired) electrons. The molecule has 0 saturated carbocycles. The van der Waals surface area contributed by atoms with Crippen LogP contribution in [0.2, 0.25) is 5.02 Å². The number of halogens is 2. The Labute approximate surface area is 160 Å². The number of carbonyl (C=O) groups is 1. The lowest BCUT2D eigenvalue weighted by Gasteiger charge is -2.22. The van der Waals surface area contributed by atoms with Gasteiger partial charge in [-0.05, 0) is 13.0 Å². The van der Waals surface area contributed by atoms with Crippen LogP contribution in [0.3, 0.4) is 0 Å². The third kappa shape index (κ3) is 7.43. The molecule has 1 rings (SSSR count). The van der Waals surface area contributed by atoms with Crippen molar-refractivity contribution in [2.45, 2.75) is 19.9 Å². The standard InChI is InChI=1S/C15H26ClN5O.HI/c1-6-17-15(18-8-7-14(22)19(2)3)21(5)11-13-9-12(16)10-20(13)4;/h9-10H,6-8,11H2,1-5H3,(H,17,18);1H. The van der Waals surface area contributed by atoms with E-state index in [2.05, 4.69) is 10.3 Å². The number of aliphatic imine (C=N–C) groups is 1. The molecule has 0 aromatic carbocycles. The molecule has 0 fully saturated rings. The van der Waals surface area contributed by atoms with E-state index < -0.39 is 0 Å². The summed E-state index contributed by atoms with van der Waals surface area (Å²) in [7, 11) is 7.44. The molecule has 0 saturated heterocycles. The van der Waals surface area contributed by atoms with Crippen molar-refractivity contribution in [1.29, 1.82) is 0 Å². The average molecular weight is 456 g/mol. The maximum atomic E-state index is 11.6. The van der Waals surface area contributed by atoms with Gasteiger partial charge in [0.25, 0.3) is 0 Å². The Hall–Kier alpha value is -0.960. The van der Waals surface area contributed by atoms with Gasteiger partial charge in [-0.15, -0.1) is 24.0 Å². The van der Waals surface area contributed by atoms with Crippen molar-refractivity contribution in [3.63, 3.8) is 0 Å². The van der Waals surface area contributed by atoms with Crippen LogP contribution in [-0.4, -0.2) is 60.5 Å². The van der Waals surface area contributed by atoms with Crippen LogP contribution >= 0.6 is 35.6 Å². The van der Waals surface area contributed by atoms with E-state index in [0.717, 1.165) is 23.2 Å². The Morgan fingerprint density at radius 3 is 2.52 bits per heavy atom. The fourth-order valence-electron chi connectivity index (χ4n) is 1.99. The van der Waals surface area contributed by atoms with Crippen molar-refractivity contribution < 1.29 is 4.79 Å². The number of nitrogens with zero attached hydrogens (tertiary/aromatic N) is 4. The van der Waals surface area contributed by atoms with Gasteiger partial charge in [0.15, 0.2) is 5.96 Å². The highest BCUT2D eigenvalue weighted by molar-refractivity contribution is 14.0. The third-order valence-electron chi connectivity index (χ3n) is 3.26. The summed E-state index contributed by atoms with van der Waals surface area (Å²) in [6.45, 7) is 3.96. The van der Waals surface area contributed by atoms with E-state index in [4.69, 9.17) is 11.6 Å². The average Bonchev–Trinajstić information content (AvgIpc) is 2.75. The molecule has 8 heteroatoms. The number of carbonyl (C=O) groups excluding carboxylic acids is 1. The predicted molar refractivity (Wildman–Crippen MR) is 107 cm³/mol. The zero-order chi connectivity index (χ0) is 16.7. The molecule has 0 spiro atoms. The van der Waals surface area contributed by atoms with Crippen LogP contribution in [0, 0.1) is 0 Å². The van der Waals surface area contributed by atoms with Gasteiger partial charge in [-0.2, -0.15) is 0 Å². The quantitative estimate of drug-likeness (QED) is 0.406. The fraction of sp³-hybridized carbons (Fsp3) is 0.600. The van der Waals surface area contributed by atoms with E-state index in [0.29, 0.717) is 19.5 Å². The first-order valence-electron chi connectivity index (χ1n) is 7.35. The fourth-order valence-corrected chi connectivity index (χ4v) is 2.26. The summed E-state index contributed by atoms with van der Waals surface area (Å²) >= 11 is 6.01. The number of aromatic nitrogens is 1. The van der Waals surface area contributed by atoms with Gasteiger partial charge in [0.1, 0.15) is 0 Å². The number of hydrogen-bond acceptors (Lipinski definition) is 2. The first kappa shape index (κ1) is 22.0. The van der Waals surface area contributed by atoms with Gasteiger partial charge in [0, 0.05) is 53.0 Å². The number of nitrogens with one attached hydrogen (secondary N) is 1. The normalized spacial score (nSPS) is 11.0. The molecule has 6 nitrogen and oxygen atoms in total. The summed E-state index contributed by atoms with van der Waals surface area (Å²) in [6, 6.07) is 1.94. The Balaban J connectivity index is 0.00000484. The molecule has 0 unspecified atom stereocenters. The summed E-state index contributed by atoms with van der Waals surface area (Å²) < 4.78 is 2.00. The smallest absolute Gasteiger partial charge is 0.223 e.